The monoisotopic (exact) mass is 298 g/mol. The number of esters is 1. The third-order valence-corrected chi connectivity index (χ3v) is 4.76. The number of methoxy groups -OCH3 is 1. The Balaban J connectivity index is 2.38. The molecule has 0 bridgehead atoms. The van der Waals surface area contributed by atoms with Crippen molar-refractivity contribution in [3.63, 3.8) is 0 Å². The maximum absolute atomic E-state index is 12.0. The van der Waals surface area contributed by atoms with E-state index in [1.54, 1.807) is 0 Å². The van der Waals surface area contributed by atoms with Crippen LogP contribution in [0.5, 0.6) is 0 Å². The van der Waals surface area contributed by atoms with E-state index in [0.29, 0.717) is 5.41 Å². The largest absolute Gasteiger partial charge is 0.468 e. The van der Waals surface area contributed by atoms with E-state index in [1.165, 1.54) is 33.0 Å². The molecule has 0 aliphatic carbocycles. The summed E-state index contributed by atoms with van der Waals surface area (Å²) in [4.78, 5) is 14.5. The lowest BCUT2D eigenvalue weighted by Crippen LogP contribution is -2.51. The number of likely N-dealkylation sites (tertiary alicyclic amines) is 1. The van der Waals surface area contributed by atoms with E-state index in [4.69, 9.17) is 4.74 Å². The van der Waals surface area contributed by atoms with E-state index in [0.717, 1.165) is 32.4 Å². The van der Waals surface area contributed by atoms with E-state index >= 15 is 0 Å². The number of carbonyl (C=O) groups excluding carboxylic acids is 1. The van der Waals surface area contributed by atoms with Crippen LogP contribution < -0.4 is 5.32 Å². The summed E-state index contributed by atoms with van der Waals surface area (Å²) >= 11 is 0. The number of rotatable bonds is 8. The molecule has 1 fully saturated rings. The normalized spacial score (nSPS) is 21.8. The Kier molecular flexibility index (Phi) is 7.14. The zero-order chi connectivity index (χ0) is 15.9. The van der Waals surface area contributed by atoms with Gasteiger partial charge in [-0.25, -0.2) is 0 Å². The van der Waals surface area contributed by atoms with Crippen LogP contribution in [-0.2, 0) is 9.53 Å². The summed E-state index contributed by atoms with van der Waals surface area (Å²) < 4.78 is 4.97. The fraction of sp³-hybridized carbons (Fsp3) is 0.941. The second-order valence-corrected chi connectivity index (χ2v) is 7.36. The molecule has 1 rings (SSSR count). The standard InChI is InChI=1S/C17H34N2O2/c1-6-11-18-17(4,15(20)21-5)8-7-12-19-13-9-16(2,3)10-14-19/h18H,6-14H2,1-5H3. The number of carbonyl (C=O) groups is 1. The molecule has 21 heavy (non-hydrogen) atoms. The van der Waals surface area contributed by atoms with Gasteiger partial charge >= 0.3 is 5.97 Å². The maximum Gasteiger partial charge on any atom is 0.325 e. The highest BCUT2D eigenvalue weighted by Crippen LogP contribution is 2.29. The van der Waals surface area contributed by atoms with Crippen LogP contribution in [0, 0.1) is 5.41 Å². The van der Waals surface area contributed by atoms with Crippen molar-refractivity contribution in [1.82, 2.24) is 10.2 Å². The smallest absolute Gasteiger partial charge is 0.325 e. The predicted octanol–water partition coefficient (Wildman–Crippen LogP) is 2.82. The zero-order valence-corrected chi connectivity index (χ0v) is 14.6. The molecular weight excluding hydrogens is 264 g/mol. The van der Waals surface area contributed by atoms with Crippen LogP contribution in [0.2, 0.25) is 0 Å². The first-order valence-electron chi connectivity index (χ1n) is 8.39. The zero-order valence-electron chi connectivity index (χ0n) is 14.6. The summed E-state index contributed by atoms with van der Waals surface area (Å²) in [5.41, 5.74) is -0.0421. The molecule has 0 radical (unpaired) electrons. The van der Waals surface area contributed by atoms with Crippen molar-refractivity contribution in [2.75, 3.05) is 33.3 Å². The molecule has 4 nitrogen and oxygen atoms in total. The number of nitrogens with zero attached hydrogens (tertiary/aromatic N) is 1. The third kappa shape index (κ3) is 5.95. The number of hydrogen-bond acceptors (Lipinski definition) is 4. The van der Waals surface area contributed by atoms with Crippen molar-refractivity contribution < 1.29 is 9.53 Å². The number of ether oxygens (including phenoxy) is 1. The van der Waals surface area contributed by atoms with Crippen molar-refractivity contribution in [3.8, 4) is 0 Å². The van der Waals surface area contributed by atoms with E-state index in [-0.39, 0.29) is 5.97 Å². The Bertz CT molecular complexity index is 321. The molecule has 4 heteroatoms. The van der Waals surface area contributed by atoms with Crippen LogP contribution in [-0.4, -0.2) is 49.7 Å². The molecule has 0 aromatic rings. The number of piperidine rings is 1. The van der Waals surface area contributed by atoms with Crippen LogP contribution >= 0.6 is 0 Å². The Morgan fingerprint density at radius 1 is 1.33 bits per heavy atom. The van der Waals surface area contributed by atoms with Crippen molar-refractivity contribution in [3.05, 3.63) is 0 Å². The lowest BCUT2D eigenvalue weighted by molar-refractivity contribution is -0.148. The second kappa shape index (κ2) is 8.14. The predicted molar refractivity (Wildman–Crippen MR) is 87.4 cm³/mol. The maximum atomic E-state index is 12.0. The van der Waals surface area contributed by atoms with Gasteiger partial charge in [0.2, 0.25) is 0 Å². The Morgan fingerprint density at radius 3 is 2.48 bits per heavy atom. The number of hydrogen-bond donors (Lipinski definition) is 1. The van der Waals surface area contributed by atoms with Crippen LogP contribution in [0.25, 0.3) is 0 Å². The van der Waals surface area contributed by atoms with Gasteiger partial charge in [0.1, 0.15) is 5.54 Å². The Morgan fingerprint density at radius 2 is 1.95 bits per heavy atom. The molecule has 1 N–H and O–H groups in total. The topological polar surface area (TPSA) is 41.6 Å². The molecule has 0 aromatic carbocycles. The van der Waals surface area contributed by atoms with Gasteiger partial charge in [-0.15, -0.1) is 0 Å². The summed E-state index contributed by atoms with van der Waals surface area (Å²) in [5.74, 6) is -0.143. The molecule has 1 atom stereocenters. The lowest BCUT2D eigenvalue weighted by atomic mass is 9.82. The fourth-order valence-corrected chi connectivity index (χ4v) is 2.93. The molecule has 0 amide bonds. The minimum absolute atomic E-state index is 0.143. The van der Waals surface area contributed by atoms with E-state index in [9.17, 15) is 4.79 Å². The molecule has 1 aliphatic rings. The molecule has 0 aromatic heterocycles. The highest BCUT2D eigenvalue weighted by Gasteiger charge is 2.33. The van der Waals surface area contributed by atoms with Gasteiger partial charge in [-0.2, -0.15) is 0 Å². The first kappa shape index (κ1) is 18.4. The van der Waals surface area contributed by atoms with Gasteiger partial charge in [-0.1, -0.05) is 20.8 Å². The van der Waals surface area contributed by atoms with E-state index in [2.05, 4.69) is 31.0 Å². The van der Waals surface area contributed by atoms with Gasteiger partial charge in [0, 0.05) is 0 Å². The first-order valence-corrected chi connectivity index (χ1v) is 8.39. The molecule has 1 saturated heterocycles. The third-order valence-electron chi connectivity index (χ3n) is 4.76. The van der Waals surface area contributed by atoms with Crippen LogP contribution in [0.1, 0.15) is 59.8 Å². The van der Waals surface area contributed by atoms with Crippen molar-refractivity contribution in [2.24, 2.45) is 5.41 Å². The molecule has 1 heterocycles. The van der Waals surface area contributed by atoms with Crippen LogP contribution in [0.3, 0.4) is 0 Å². The summed E-state index contributed by atoms with van der Waals surface area (Å²) in [7, 11) is 1.47. The van der Waals surface area contributed by atoms with E-state index in [1.807, 2.05) is 6.92 Å². The molecule has 1 aliphatic heterocycles. The highest BCUT2D eigenvalue weighted by atomic mass is 16.5. The Labute approximate surface area is 130 Å². The van der Waals surface area contributed by atoms with Gasteiger partial charge in [0.25, 0.3) is 0 Å². The van der Waals surface area contributed by atoms with Crippen LogP contribution in [0.4, 0.5) is 0 Å². The average molecular weight is 298 g/mol. The van der Waals surface area contributed by atoms with Gasteiger partial charge in [-0.3, -0.25) is 4.79 Å². The summed E-state index contributed by atoms with van der Waals surface area (Å²) in [6.07, 6.45) is 5.43. The van der Waals surface area contributed by atoms with Crippen molar-refractivity contribution in [2.45, 2.75) is 65.3 Å². The van der Waals surface area contributed by atoms with Gasteiger partial charge in [0.15, 0.2) is 0 Å². The summed E-state index contributed by atoms with van der Waals surface area (Å²) in [6.45, 7) is 13.1. The van der Waals surface area contributed by atoms with Crippen molar-refractivity contribution >= 4 is 5.97 Å². The first-order chi connectivity index (χ1) is 9.83. The second-order valence-electron chi connectivity index (χ2n) is 7.36. The molecule has 1 unspecified atom stereocenters. The lowest BCUT2D eigenvalue weighted by Gasteiger charge is -2.37. The molecular formula is C17H34N2O2. The molecule has 0 saturated carbocycles. The molecule has 124 valence electrons. The highest BCUT2D eigenvalue weighted by molar-refractivity contribution is 5.80. The van der Waals surface area contributed by atoms with Crippen molar-refractivity contribution in [1.29, 1.82) is 0 Å². The van der Waals surface area contributed by atoms with Gasteiger partial charge in [0.05, 0.1) is 7.11 Å². The fourth-order valence-electron chi connectivity index (χ4n) is 2.93. The summed E-state index contributed by atoms with van der Waals surface area (Å²) in [6, 6.07) is 0. The summed E-state index contributed by atoms with van der Waals surface area (Å²) in [5, 5.41) is 3.35. The number of nitrogens with one attached hydrogen (secondary N) is 1. The van der Waals surface area contributed by atoms with E-state index < -0.39 is 5.54 Å². The molecule has 0 spiro atoms. The average Bonchev–Trinajstić information content (AvgIpc) is 2.46. The quantitative estimate of drug-likeness (QED) is 0.700. The minimum Gasteiger partial charge on any atom is -0.468 e. The van der Waals surface area contributed by atoms with Gasteiger partial charge < -0.3 is 15.0 Å². The van der Waals surface area contributed by atoms with Crippen LogP contribution in [0.15, 0.2) is 0 Å². The Hall–Kier alpha value is -0.610. The van der Waals surface area contributed by atoms with Gasteiger partial charge in [-0.05, 0) is 70.6 Å². The SMILES string of the molecule is CCCNC(C)(CCCN1CCC(C)(C)CC1)C(=O)OC. The minimum atomic E-state index is -0.542.